The topological polar surface area (TPSA) is 94.6 Å². The lowest BCUT2D eigenvalue weighted by Gasteiger charge is -2.34. The highest BCUT2D eigenvalue weighted by Crippen LogP contribution is 2.32. The van der Waals surface area contributed by atoms with Crippen LogP contribution in [0.4, 0.5) is 33.2 Å². The van der Waals surface area contributed by atoms with Gasteiger partial charge in [0.15, 0.2) is 11.6 Å². The number of likely N-dealkylation sites (N-methyl/N-ethyl adjacent to an activating group) is 1. The second-order valence-electron chi connectivity index (χ2n) is 8.44. The molecule has 1 amide bonds. The Balaban J connectivity index is 1.44. The molecular weight excluding hydrogens is 461 g/mol. The Morgan fingerprint density at radius 2 is 2.00 bits per heavy atom. The zero-order valence-electron chi connectivity index (χ0n) is 20.4. The molecule has 0 atom stereocenters. The van der Waals surface area contributed by atoms with Crippen molar-refractivity contribution in [3.8, 4) is 5.75 Å². The van der Waals surface area contributed by atoms with Crippen LogP contribution in [-0.2, 0) is 11.3 Å². The monoisotopic (exact) mass is 491 g/mol. The molecule has 3 N–H and O–H groups in total. The summed E-state index contributed by atoms with van der Waals surface area (Å²) in [4.78, 5) is 24.5. The molecule has 0 saturated carbocycles. The van der Waals surface area contributed by atoms with Crippen LogP contribution in [0.15, 0.2) is 61.3 Å². The summed E-state index contributed by atoms with van der Waals surface area (Å²) in [6, 6.07) is 13.1. The molecule has 1 aliphatic heterocycles. The van der Waals surface area contributed by atoms with Gasteiger partial charge in [-0.3, -0.25) is 4.79 Å². The van der Waals surface area contributed by atoms with Crippen LogP contribution >= 0.6 is 0 Å². The number of benzene rings is 2. The number of halogens is 1. The number of methoxy groups -OCH3 is 1. The van der Waals surface area contributed by atoms with E-state index in [4.69, 9.17) is 4.74 Å². The van der Waals surface area contributed by atoms with E-state index in [0.29, 0.717) is 23.7 Å². The van der Waals surface area contributed by atoms with Crippen molar-refractivity contribution in [2.24, 2.45) is 0 Å². The van der Waals surface area contributed by atoms with Gasteiger partial charge in [0.25, 0.3) is 0 Å². The summed E-state index contributed by atoms with van der Waals surface area (Å²) in [6.07, 6.45) is 2.31. The first-order chi connectivity index (χ1) is 17.4. The number of ether oxygens (including phenoxy) is 1. The zero-order valence-corrected chi connectivity index (χ0v) is 20.4. The van der Waals surface area contributed by atoms with Crippen LogP contribution in [0.1, 0.15) is 5.56 Å². The molecule has 0 aliphatic carbocycles. The summed E-state index contributed by atoms with van der Waals surface area (Å²) in [5.41, 5.74) is 3.22. The van der Waals surface area contributed by atoms with E-state index >= 15 is 0 Å². The fraction of sp³-hybridized carbons (Fsp3) is 0.269. The molecule has 0 radical (unpaired) electrons. The van der Waals surface area contributed by atoms with Crippen molar-refractivity contribution in [3.63, 3.8) is 0 Å². The Morgan fingerprint density at radius 3 is 2.75 bits per heavy atom. The molecule has 4 rings (SSSR count). The molecule has 10 heteroatoms. The van der Waals surface area contributed by atoms with Crippen LogP contribution in [0.3, 0.4) is 0 Å². The summed E-state index contributed by atoms with van der Waals surface area (Å²) in [6.45, 7) is 7.66. The number of rotatable bonds is 9. The standard InChI is InChI=1S/C26H30FN7O2/c1-4-24(35)30-19-7-5-6-18(14-19)16-28-25-21(27)17-29-26(32-25)31-22-9-8-20(15-23(22)36-3)34-12-10-33(2)11-13-34/h4-9,14-15,17H,1,10-13,16H2,2-3H3,(H,30,35)(H2,28,29,31,32). The average Bonchev–Trinajstić information content (AvgIpc) is 2.89. The molecule has 1 aliphatic rings. The van der Waals surface area contributed by atoms with E-state index in [0.717, 1.165) is 43.6 Å². The van der Waals surface area contributed by atoms with Crippen molar-refractivity contribution < 1.29 is 13.9 Å². The van der Waals surface area contributed by atoms with Crippen molar-refractivity contribution in [1.82, 2.24) is 14.9 Å². The van der Waals surface area contributed by atoms with Crippen LogP contribution in [0.5, 0.6) is 5.75 Å². The van der Waals surface area contributed by atoms with Crippen molar-refractivity contribution in [2.75, 3.05) is 61.2 Å². The molecule has 0 bridgehead atoms. The number of nitrogens with one attached hydrogen (secondary N) is 3. The van der Waals surface area contributed by atoms with Gasteiger partial charge in [0.2, 0.25) is 11.9 Å². The minimum absolute atomic E-state index is 0.0565. The number of hydrogen-bond acceptors (Lipinski definition) is 8. The average molecular weight is 492 g/mol. The second kappa shape index (κ2) is 11.5. The third-order valence-corrected chi connectivity index (χ3v) is 5.88. The smallest absolute Gasteiger partial charge is 0.247 e. The van der Waals surface area contributed by atoms with Crippen molar-refractivity contribution in [3.05, 3.63) is 72.7 Å². The molecule has 0 spiro atoms. The maximum atomic E-state index is 14.4. The summed E-state index contributed by atoms with van der Waals surface area (Å²) >= 11 is 0. The number of carbonyl (C=O) groups is 1. The summed E-state index contributed by atoms with van der Waals surface area (Å²) in [5.74, 6) is 0.0588. The van der Waals surface area contributed by atoms with Gasteiger partial charge in [-0.05, 0) is 43.0 Å². The molecule has 2 heterocycles. The Labute approximate surface area is 210 Å². The largest absolute Gasteiger partial charge is 0.494 e. The van der Waals surface area contributed by atoms with E-state index in [1.165, 1.54) is 6.08 Å². The van der Waals surface area contributed by atoms with E-state index in [2.05, 4.69) is 49.3 Å². The Bertz CT molecular complexity index is 1230. The molecule has 1 saturated heterocycles. The zero-order chi connectivity index (χ0) is 25.5. The molecule has 1 fully saturated rings. The molecule has 3 aromatic rings. The molecule has 188 valence electrons. The summed E-state index contributed by atoms with van der Waals surface area (Å²) in [5, 5.41) is 8.82. The quantitative estimate of drug-likeness (QED) is 0.389. The number of piperazine rings is 1. The third-order valence-electron chi connectivity index (χ3n) is 5.88. The normalized spacial score (nSPS) is 13.7. The first-order valence-electron chi connectivity index (χ1n) is 11.6. The lowest BCUT2D eigenvalue weighted by molar-refractivity contribution is -0.111. The van der Waals surface area contributed by atoms with Gasteiger partial charge in [0.05, 0.1) is 19.0 Å². The SMILES string of the molecule is C=CC(=O)Nc1cccc(CNc2nc(Nc3ccc(N4CCN(C)CC4)cc3OC)ncc2F)c1. The number of amides is 1. The van der Waals surface area contributed by atoms with Gasteiger partial charge in [-0.2, -0.15) is 4.98 Å². The first kappa shape index (κ1) is 24.9. The summed E-state index contributed by atoms with van der Waals surface area (Å²) in [7, 11) is 3.73. The van der Waals surface area contributed by atoms with Crippen LogP contribution in [0, 0.1) is 5.82 Å². The number of aromatic nitrogens is 2. The molecule has 2 aromatic carbocycles. The van der Waals surface area contributed by atoms with Gasteiger partial charge >= 0.3 is 0 Å². The maximum absolute atomic E-state index is 14.4. The lowest BCUT2D eigenvalue weighted by atomic mass is 10.2. The van der Waals surface area contributed by atoms with Gasteiger partial charge in [-0.25, -0.2) is 9.37 Å². The molecule has 36 heavy (non-hydrogen) atoms. The van der Waals surface area contributed by atoms with Crippen LogP contribution in [-0.4, -0.2) is 61.1 Å². The van der Waals surface area contributed by atoms with E-state index in [1.54, 1.807) is 25.3 Å². The van der Waals surface area contributed by atoms with E-state index in [-0.39, 0.29) is 17.7 Å². The second-order valence-corrected chi connectivity index (χ2v) is 8.44. The number of carbonyl (C=O) groups excluding carboxylic acids is 1. The van der Waals surface area contributed by atoms with E-state index in [9.17, 15) is 9.18 Å². The predicted molar refractivity (Wildman–Crippen MR) is 141 cm³/mol. The number of nitrogens with zero attached hydrogens (tertiary/aromatic N) is 4. The van der Waals surface area contributed by atoms with Crippen LogP contribution in [0.2, 0.25) is 0 Å². The van der Waals surface area contributed by atoms with Gasteiger partial charge in [0.1, 0.15) is 5.75 Å². The highest BCUT2D eigenvalue weighted by Gasteiger charge is 2.16. The fourth-order valence-electron chi connectivity index (χ4n) is 3.85. The first-order valence-corrected chi connectivity index (χ1v) is 11.6. The summed E-state index contributed by atoms with van der Waals surface area (Å²) < 4.78 is 20.0. The van der Waals surface area contributed by atoms with Gasteiger partial charge in [-0.1, -0.05) is 18.7 Å². The van der Waals surface area contributed by atoms with E-state index in [1.807, 2.05) is 24.3 Å². The van der Waals surface area contributed by atoms with Crippen molar-refractivity contribution >= 4 is 34.7 Å². The fourth-order valence-corrected chi connectivity index (χ4v) is 3.85. The van der Waals surface area contributed by atoms with Crippen molar-refractivity contribution in [1.29, 1.82) is 0 Å². The number of anilines is 5. The van der Waals surface area contributed by atoms with Gasteiger partial charge in [0, 0.05) is 50.2 Å². The van der Waals surface area contributed by atoms with Gasteiger partial charge < -0.3 is 30.5 Å². The molecular formula is C26H30FN7O2. The predicted octanol–water partition coefficient (Wildman–Crippen LogP) is 3.86. The Hall–Kier alpha value is -4.18. The molecule has 0 unspecified atom stereocenters. The highest BCUT2D eigenvalue weighted by molar-refractivity contribution is 5.98. The maximum Gasteiger partial charge on any atom is 0.247 e. The third kappa shape index (κ3) is 6.28. The molecule has 9 nitrogen and oxygen atoms in total. The lowest BCUT2D eigenvalue weighted by Crippen LogP contribution is -2.44. The minimum Gasteiger partial charge on any atom is -0.494 e. The minimum atomic E-state index is -0.575. The Kier molecular flexibility index (Phi) is 7.96. The number of hydrogen-bond donors (Lipinski definition) is 3. The van der Waals surface area contributed by atoms with Crippen LogP contribution < -0.4 is 25.6 Å². The molecule has 1 aromatic heterocycles. The van der Waals surface area contributed by atoms with Crippen molar-refractivity contribution in [2.45, 2.75) is 6.54 Å². The van der Waals surface area contributed by atoms with Crippen LogP contribution in [0.25, 0.3) is 0 Å². The van der Waals surface area contributed by atoms with E-state index < -0.39 is 5.82 Å². The Morgan fingerprint density at radius 1 is 1.19 bits per heavy atom. The highest BCUT2D eigenvalue weighted by atomic mass is 19.1. The van der Waals surface area contributed by atoms with Gasteiger partial charge in [-0.15, -0.1) is 0 Å².